The van der Waals surface area contributed by atoms with E-state index in [-0.39, 0.29) is 12.8 Å². The van der Waals surface area contributed by atoms with Crippen molar-refractivity contribution < 1.29 is 9.53 Å². The Balaban J connectivity index is 2.51. The van der Waals surface area contributed by atoms with Crippen molar-refractivity contribution in [3.8, 4) is 0 Å². The number of ether oxygens (including phenoxy) is 1. The first-order chi connectivity index (χ1) is 7.63. The standard InChI is InChI=1S/C12H18N2O2/c1-9(2)10-4-6-11(7-5-10)14-12(15)13-8-16-3/h4-7,9H,8H2,1-3H3,(H2,13,14,15). The normalized spacial score (nSPS) is 10.2. The average molecular weight is 222 g/mol. The molecule has 0 aliphatic carbocycles. The van der Waals surface area contributed by atoms with Gasteiger partial charge in [0.15, 0.2) is 0 Å². The summed E-state index contributed by atoms with van der Waals surface area (Å²) >= 11 is 0. The molecule has 0 aromatic heterocycles. The Hall–Kier alpha value is -1.55. The number of carbonyl (C=O) groups excluding carboxylic acids is 1. The molecule has 0 fully saturated rings. The first-order valence-corrected chi connectivity index (χ1v) is 5.27. The molecule has 1 aromatic carbocycles. The second-order valence-electron chi connectivity index (χ2n) is 3.84. The number of rotatable bonds is 4. The van der Waals surface area contributed by atoms with Crippen LogP contribution in [-0.4, -0.2) is 19.9 Å². The quantitative estimate of drug-likeness (QED) is 0.769. The maximum absolute atomic E-state index is 11.3. The zero-order valence-corrected chi connectivity index (χ0v) is 9.91. The highest BCUT2D eigenvalue weighted by atomic mass is 16.5. The zero-order valence-electron chi connectivity index (χ0n) is 9.91. The van der Waals surface area contributed by atoms with Crippen LogP contribution in [0.25, 0.3) is 0 Å². The van der Waals surface area contributed by atoms with E-state index in [1.54, 1.807) is 0 Å². The van der Waals surface area contributed by atoms with E-state index in [1.165, 1.54) is 12.7 Å². The lowest BCUT2D eigenvalue weighted by Gasteiger charge is -2.09. The highest BCUT2D eigenvalue weighted by molar-refractivity contribution is 5.89. The second-order valence-corrected chi connectivity index (χ2v) is 3.84. The van der Waals surface area contributed by atoms with E-state index in [1.807, 2.05) is 24.3 Å². The molecule has 0 radical (unpaired) electrons. The third kappa shape index (κ3) is 3.90. The van der Waals surface area contributed by atoms with Crippen LogP contribution in [0.15, 0.2) is 24.3 Å². The molecule has 0 atom stereocenters. The lowest BCUT2D eigenvalue weighted by Crippen LogP contribution is -2.30. The third-order valence-electron chi connectivity index (χ3n) is 2.21. The minimum Gasteiger partial charge on any atom is -0.364 e. The number of carbonyl (C=O) groups is 1. The number of benzene rings is 1. The molecule has 2 N–H and O–H groups in total. The van der Waals surface area contributed by atoms with Gasteiger partial charge in [-0.25, -0.2) is 4.79 Å². The molecule has 0 bridgehead atoms. The van der Waals surface area contributed by atoms with Crippen LogP contribution in [0.5, 0.6) is 0 Å². The molecule has 1 aromatic rings. The fourth-order valence-electron chi connectivity index (χ4n) is 1.26. The lowest BCUT2D eigenvalue weighted by molar-refractivity contribution is 0.177. The van der Waals surface area contributed by atoms with Gasteiger partial charge in [-0.2, -0.15) is 0 Å². The highest BCUT2D eigenvalue weighted by Crippen LogP contribution is 2.16. The smallest absolute Gasteiger partial charge is 0.321 e. The monoisotopic (exact) mass is 222 g/mol. The van der Waals surface area contributed by atoms with Crippen LogP contribution in [0.2, 0.25) is 0 Å². The van der Waals surface area contributed by atoms with E-state index in [0.29, 0.717) is 5.92 Å². The molecule has 0 heterocycles. The lowest BCUT2D eigenvalue weighted by atomic mass is 10.0. The summed E-state index contributed by atoms with van der Waals surface area (Å²) < 4.78 is 4.73. The molecule has 0 aliphatic rings. The molecule has 0 saturated heterocycles. The Kier molecular flexibility index (Phi) is 4.79. The molecule has 1 rings (SSSR count). The molecule has 4 nitrogen and oxygen atoms in total. The van der Waals surface area contributed by atoms with Crippen molar-refractivity contribution in [1.82, 2.24) is 5.32 Å². The summed E-state index contributed by atoms with van der Waals surface area (Å²) in [6.45, 7) is 4.47. The maximum Gasteiger partial charge on any atom is 0.321 e. The molecular weight excluding hydrogens is 204 g/mol. The van der Waals surface area contributed by atoms with Gasteiger partial charge in [0.25, 0.3) is 0 Å². The number of urea groups is 1. The summed E-state index contributed by atoms with van der Waals surface area (Å²) in [7, 11) is 1.53. The molecule has 0 saturated carbocycles. The van der Waals surface area contributed by atoms with Gasteiger partial charge in [0.05, 0.1) is 0 Å². The molecule has 0 spiro atoms. The number of hydrogen-bond donors (Lipinski definition) is 2. The predicted molar refractivity (Wildman–Crippen MR) is 64.6 cm³/mol. The Morgan fingerprint density at radius 1 is 1.31 bits per heavy atom. The van der Waals surface area contributed by atoms with Crippen molar-refractivity contribution in [3.05, 3.63) is 29.8 Å². The fourth-order valence-corrected chi connectivity index (χ4v) is 1.26. The number of amides is 2. The van der Waals surface area contributed by atoms with Gasteiger partial charge in [0.2, 0.25) is 0 Å². The van der Waals surface area contributed by atoms with Crippen LogP contribution in [0.4, 0.5) is 10.5 Å². The van der Waals surface area contributed by atoms with Crippen molar-refractivity contribution >= 4 is 11.7 Å². The van der Waals surface area contributed by atoms with Crippen LogP contribution in [0.1, 0.15) is 25.3 Å². The van der Waals surface area contributed by atoms with Gasteiger partial charge in [-0.05, 0) is 23.6 Å². The first-order valence-electron chi connectivity index (χ1n) is 5.27. The second kappa shape index (κ2) is 6.12. The number of methoxy groups -OCH3 is 1. The van der Waals surface area contributed by atoms with Gasteiger partial charge >= 0.3 is 6.03 Å². The van der Waals surface area contributed by atoms with Crippen molar-refractivity contribution in [2.24, 2.45) is 0 Å². The Morgan fingerprint density at radius 2 is 1.94 bits per heavy atom. The van der Waals surface area contributed by atoms with Gasteiger partial charge in [-0.1, -0.05) is 26.0 Å². The Labute approximate surface area is 96.0 Å². The molecule has 16 heavy (non-hydrogen) atoms. The Bertz CT molecular complexity index is 333. The fraction of sp³-hybridized carbons (Fsp3) is 0.417. The molecule has 0 aliphatic heterocycles. The van der Waals surface area contributed by atoms with E-state index in [4.69, 9.17) is 4.74 Å². The average Bonchev–Trinajstić information content (AvgIpc) is 2.27. The predicted octanol–water partition coefficient (Wildman–Crippen LogP) is 2.54. The van der Waals surface area contributed by atoms with Crippen LogP contribution >= 0.6 is 0 Å². The highest BCUT2D eigenvalue weighted by Gasteiger charge is 2.01. The summed E-state index contributed by atoms with van der Waals surface area (Å²) in [6, 6.07) is 7.54. The van der Waals surface area contributed by atoms with Gasteiger partial charge in [-0.15, -0.1) is 0 Å². The van der Waals surface area contributed by atoms with E-state index in [9.17, 15) is 4.79 Å². The van der Waals surface area contributed by atoms with E-state index < -0.39 is 0 Å². The molecule has 2 amide bonds. The summed E-state index contributed by atoms with van der Waals surface area (Å²) in [4.78, 5) is 11.3. The van der Waals surface area contributed by atoms with Crippen LogP contribution < -0.4 is 10.6 Å². The molecular formula is C12H18N2O2. The minimum atomic E-state index is -0.265. The molecule has 0 unspecified atom stereocenters. The SMILES string of the molecule is COCNC(=O)Nc1ccc(C(C)C)cc1. The van der Waals surface area contributed by atoms with Crippen LogP contribution in [-0.2, 0) is 4.74 Å². The zero-order chi connectivity index (χ0) is 12.0. The minimum absolute atomic E-state index is 0.204. The summed E-state index contributed by atoms with van der Waals surface area (Å²) in [6.07, 6.45) is 0. The van der Waals surface area contributed by atoms with E-state index >= 15 is 0 Å². The summed E-state index contributed by atoms with van der Waals surface area (Å²) in [5.74, 6) is 0.497. The Morgan fingerprint density at radius 3 is 2.44 bits per heavy atom. The van der Waals surface area contributed by atoms with Gasteiger partial charge in [0, 0.05) is 12.8 Å². The van der Waals surface area contributed by atoms with Gasteiger partial charge in [0.1, 0.15) is 6.73 Å². The van der Waals surface area contributed by atoms with Crippen molar-refractivity contribution in [2.45, 2.75) is 19.8 Å². The van der Waals surface area contributed by atoms with Crippen molar-refractivity contribution in [2.75, 3.05) is 19.2 Å². The van der Waals surface area contributed by atoms with E-state index in [0.717, 1.165) is 5.69 Å². The molecule has 88 valence electrons. The van der Waals surface area contributed by atoms with Crippen LogP contribution in [0.3, 0.4) is 0 Å². The van der Waals surface area contributed by atoms with Crippen molar-refractivity contribution in [1.29, 1.82) is 0 Å². The van der Waals surface area contributed by atoms with E-state index in [2.05, 4.69) is 24.5 Å². The topological polar surface area (TPSA) is 50.4 Å². The number of anilines is 1. The third-order valence-corrected chi connectivity index (χ3v) is 2.21. The van der Waals surface area contributed by atoms with Crippen LogP contribution in [0, 0.1) is 0 Å². The maximum atomic E-state index is 11.3. The van der Waals surface area contributed by atoms with Gasteiger partial charge < -0.3 is 15.4 Å². The first kappa shape index (κ1) is 12.5. The largest absolute Gasteiger partial charge is 0.364 e. The summed E-state index contributed by atoms with van der Waals surface area (Å²) in [5, 5.41) is 5.26. The van der Waals surface area contributed by atoms with Crippen molar-refractivity contribution in [3.63, 3.8) is 0 Å². The number of nitrogens with one attached hydrogen (secondary N) is 2. The molecule has 4 heteroatoms. The number of hydrogen-bond acceptors (Lipinski definition) is 2. The van der Waals surface area contributed by atoms with Gasteiger partial charge in [-0.3, -0.25) is 0 Å². The summed E-state index contributed by atoms with van der Waals surface area (Å²) in [5.41, 5.74) is 2.03.